The fourth-order valence-corrected chi connectivity index (χ4v) is 1.44. The summed E-state index contributed by atoms with van der Waals surface area (Å²) in [5, 5.41) is 14.3. The highest BCUT2D eigenvalue weighted by Crippen LogP contribution is 1.98. The van der Waals surface area contributed by atoms with E-state index in [4.69, 9.17) is 9.84 Å². The molecule has 0 spiro atoms. The second-order valence-corrected chi connectivity index (χ2v) is 3.91. The number of amides is 1. The molecule has 0 aliphatic heterocycles. The summed E-state index contributed by atoms with van der Waals surface area (Å²) >= 11 is 0. The number of carboxylic acids is 1. The molecule has 0 saturated carbocycles. The second-order valence-electron chi connectivity index (χ2n) is 3.91. The van der Waals surface area contributed by atoms with E-state index in [9.17, 15) is 9.59 Å². The van der Waals surface area contributed by atoms with Gasteiger partial charge in [-0.2, -0.15) is 0 Å². The maximum Gasteiger partial charge on any atom is 0.326 e. The molecule has 0 saturated heterocycles. The quantitative estimate of drug-likeness (QED) is 0.417. The van der Waals surface area contributed by atoms with Gasteiger partial charge in [-0.1, -0.05) is 0 Å². The number of ether oxygens (including phenoxy) is 1. The van der Waals surface area contributed by atoms with Crippen LogP contribution in [-0.2, 0) is 20.7 Å². The summed E-state index contributed by atoms with van der Waals surface area (Å²) in [7, 11) is 1.56. The van der Waals surface area contributed by atoms with Crippen LogP contribution in [0.1, 0.15) is 5.69 Å². The summed E-state index contributed by atoms with van der Waals surface area (Å²) < 4.78 is 4.81. The monoisotopic (exact) mass is 270 g/mol. The number of carbonyl (C=O) groups excluding carboxylic acids is 1. The molecule has 8 heteroatoms. The number of hydrogen-bond acceptors (Lipinski definition) is 5. The van der Waals surface area contributed by atoms with Crippen molar-refractivity contribution in [2.24, 2.45) is 0 Å². The van der Waals surface area contributed by atoms with E-state index in [2.05, 4.69) is 20.6 Å². The van der Waals surface area contributed by atoms with E-state index in [1.165, 1.54) is 12.5 Å². The first-order valence-electron chi connectivity index (χ1n) is 5.82. The van der Waals surface area contributed by atoms with Gasteiger partial charge in [-0.25, -0.2) is 9.78 Å². The van der Waals surface area contributed by atoms with Crippen molar-refractivity contribution in [2.45, 2.75) is 12.5 Å². The zero-order chi connectivity index (χ0) is 14.1. The van der Waals surface area contributed by atoms with Crippen LogP contribution in [0.15, 0.2) is 12.5 Å². The Morgan fingerprint density at radius 3 is 2.95 bits per heavy atom. The molecule has 0 fully saturated rings. The molecule has 1 heterocycles. The van der Waals surface area contributed by atoms with E-state index in [1.807, 2.05) is 0 Å². The minimum absolute atomic E-state index is 0.0517. The topological polar surface area (TPSA) is 116 Å². The van der Waals surface area contributed by atoms with E-state index < -0.39 is 12.0 Å². The molecule has 0 aromatic carbocycles. The Morgan fingerprint density at radius 1 is 1.58 bits per heavy atom. The third-order valence-electron chi connectivity index (χ3n) is 2.38. The lowest BCUT2D eigenvalue weighted by Gasteiger charge is -2.13. The van der Waals surface area contributed by atoms with E-state index in [-0.39, 0.29) is 18.9 Å². The maximum absolute atomic E-state index is 11.5. The Morgan fingerprint density at radius 2 is 2.37 bits per heavy atom. The first kappa shape index (κ1) is 15.1. The van der Waals surface area contributed by atoms with Crippen molar-refractivity contribution in [3.8, 4) is 0 Å². The third kappa shape index (κ3) is 5.98. The van der Waals surface area contributed by atoms with Gasteiger partial charge in [0.15, 0.2) is 0 Å². The van der Waals surface area contributed by atoms with Crippen molar-refractivity contribution in [1.82, 2.24) is 20.6 Å². The van der Waals surface area contributed by atoms with Gasteiger partial charge in [0.25, 0.3) is 0 Å². The van der Waals surface area contributed by atoms with Gasteiger partial charge in [0.2, 0.25) is 5.91 Å². The van der Waals surface area contributed by atoms with E-state index >= 15 is 0 Å². The lowest BCUT2D eigenvalue weighted by Crippen LogP contribution is -2.46. The van der Waals surface area contributed by atoms with Crippen molar-refractivity contribution >= 4 is 11.9 Å². The van der Waals surface area contributed by atoms with Crippen LogP contribution in [0.3, 0.4) is 0 Å². The maximum atomic E-state index is 11.5. The number of aromatic nitrogens is 2. The molecule has 0 unspecified atom stereocenters. The molecule has 1 amide bonds. The van der Waals surface area contributed by atoms with Crippen LogP contribution in [0.2, 0.25) is 0 Å². The fraction of sp³-hybridized carbons (Fsp3) is 0.545. The molecular formula is C11H18N4O4. The van der Waals surface area contributed by atoms with Crippen molar-refractivity contribution in [2.75, 3.05) is 26.8 Å². The molecule has 0 radical (unpaired) electrons. The van der Waals surface area contributed by atoms with E-state index in [1.54, 1.807) is 7.11 Å². The van der Waals surface area contributed by atoms with Crippen molar-refractivity contribution < 1.29 is 19.4 Å². The third-order valence-corrected chi connectivity index (χ3v) is 2.38. The molecule has 1 atom stereocenters. The number of aliphatic carboxylic acids is 1. The summed E-state index contributed by atoms with van der Waals surface area (Å²) in [5.74, 6) is -1.46. The molecule has 19 heavy (non-hydrogen) atoms. The van der Waals surface area contributed by atoms with Crippen LogP contribution in [0.5, 0.6) is 0 Å². The first-order chi connectivity index (χ1) is 9.13. The van der Waals surface area contributed by atoms with Crippen LogP contribution < -0.4 is 10.6 Å². The first-order valence-corrected chi connectivity index (χ1v) is 5.82. The Labute approximate surface area is 110 Å². The molecular weight excluding hydrogens is 252 g/mol. The summed E-state index contributed by atoms with van der Waals surface area (Å²) in [4.78, 5) is 29.2. The lowest BCUT2D eigenvalue weighted by molar-refractivity contribution is -0.141. The van der Waals surface area contributed by atoms with Gasteiger partial charge in [0.1, 0.15) is 6.04 Å². The minimum Gasteiger partial charge on any atom is -0.480 e. The number of carboxylic acid groups (broad SMARTS) is 1. The van der Waals surface area contributed by atoms with Crippen LogP contribution in [0, 0.1) is 0 Å². The van der Waals surface area contributed by atoms with Crippen LogP contribution in [-0.4, -0.2) is 59.8 Å². The highest BCUT2D eigenvalue weighted by molar-refractivity contribution is 5.84. The van der Waals surface area contributed by atoms with Crippen LogP contribution in [0.4, 0.5) is 0 Å². The smallest absolute Gasteiger partial charge is 0.326 e. The molecule has 0 aliphatic carbocycles. The number of hydrogen-bond donors (Lipinski definition) is 4. The van der Waals surface area contributed by atoms with Crippen molar-refractivity contribution in [3.63, 3.8) is 0 Å². The van der Waals surface area contributed by atoms with Gasteiger partial charge in [-0.05, 0) is 0 Å². The highest BCUT2D eigenvalue weighted by Gasteiger charge is 2.20. The Hall–Kier alpha value is -1.93. The second kappa shape index (κ2) is 8.22. The minimum atomic E-state index is -1.08. The zero-order valence-corrected chi connectivity index (χ0v) is 10.7. The number of carbonyl (C=O) groups is 2. The predicted octanol–water partition coefficient (Wildman–Crippen LogP) is -1.24. The average molecular weight is 270 g/mol. The van der Waals surface area contributed by atoms with E-state index in [0.29, 0.717) is 18.8 Å². The molecule has 1 aromatic rings. The molecule has 106 valence electrons. The fourth-order valence-electron chi connectivity index (χ4n) is 1.44. The van der Waals surface area contributed by atoms with Gasteiger partial charge < -0.3 is 25.5 Å². The van der Waals surface area contributed by atoms with Gasteiger partial charge in [-0.3, -0.25) is 4.79 Å². The molecule has 1 rings (SSSR count). The molecule has 8 nitrogen and oxygen atoms in total. The summed E-state index contributed by atoms with van der Waals surface area (Å²) in [6.45, 7) is 1.07. The highest BCUT2D eigenvalue weighted by atomic mass is 16.5. The summed E-state index contributed by atoms with van der Waals surface area (Å²) in [6, 6.07) is -0.975. The number of imidazole rings is 1. The average Bonchev–Trinajstić information content (AvgIpc) is 2.86. The predicted molar refractivity (Wildman–Crippen MR) is 66.6 cm³/mol. The summed E-state index contributed by atoms with van der Waals surface area (Å²) in [6.07, 6.45) is 3.15. The lowest BCUT2D eigenvalue weighted by atomic mass is 10.1. The Bertz CT molecular complexity index is 393. The van der Waals surface area contributed by atoms with Gasteiger partial charge in [-0.15, -0.1) is 0 Å². The van der Waals surface area contributed by atoms with Gasteiger partial charge >= 0.3 is 5.97 Å². The van der Waals surface area contributed by atoms with Crippen LogP contribution >= 0.6 is 0 Å². The molecule has 0 aliphatic rings. The molecule has 4 N–H and O–H groups in total. The van der Waals surface area contributed by atoms with Gasteiger partial charge in [0.05, 0.1) is 19.5 Å². The number of aromatic amines is 1. The number of H-pyrrole nitrogens is 1. The Balaban J connectivity index is 2.36. The standard InChI is InChI=1S/C11H18N4O4/c1-19-3-2-12-6-10(16)15-9(11(17)18)4-8-5-13-7-14-8/h5,7,9,12H,2-4,6H2,1H3,(H,13,14)(H,15,16)(H,17,18)/t9-/m1/s1. The Kier molecular flexibility index (Phi) is 6.55. The van der Waals surface area contributed by atoms with Gasteiger partial charge in [0, 0.05) is 32.0 Å². The zero-order valence-electron chi connectivity index (χ0n) is 10.7. The normalized spacial score (nSPS) is 12.1. The summed E-state index contributed by atoms with van der Waals surface area (Å²) in [5.41, 5.74) is 0.653. The largest absolute Gasteiger partial charge is 0.480 e. The SMILES string of the molecule is COCCNCC(=O)N[C@H](Cc1cnc[nH]1)C(=O)O. The number of nitrogens with zero attached hydrogens (tertiary/aromatic N) is 1. The molecule has 0 bridgehead atoms. The number of rotatable bonds is 9. The van der Waals surface area contributed by atoms with Crippen molar-refractivity contribution in [3.05, 3.63) is 18.2 Å². The van der Waals surface area contributed by atoms with E-state index in [0.717, 1.165) is 0 Å². The number of methoxy groups -OCH3 is 1. The van der Waals surface area contributed by atoms with Crippen LogP contribution in [0.25, 0.3) is 0 Å². The van der Waals surface area contributed by atoms with Crippen molar-refractivity contribution in [1.29, 1.82) is 0 Å². The molecule has 1 aromatic heterocycles. The number of nitrogens with one attached hydrogen (secondary N) is 3.